The summed E-state index contributed by atoms with van der Waals surface area (Å²) in [6, 6.07) is 9.98. The van der Waals surface area contributed by atoms with Crippen LogP contribution in [0.3, 0.4) is 0 Å². The van der Waals surface area contributed by atoms with E-state index in [2.05, 4.69) is 10.2 Å². The number of aromatic nitrogens is 2. The van der Waals surface area contributed by atoms with E-state index in [9.17, 15) is 14.4 Å². The first-order chi connectivity index (χ1) is 12.1. The maximum Gasteiger partial charge on any atom is 0.274 e. The molecule has 0 unspecified atom stereocenters. The van der Waals surface area contributed by atoms with Crippen LogP contribution in [0.5, 0.6) is 5.75 Å². The summed E-state index contributed by atoms with van der Waals surface area (Å²) in [6.45, 7) is 0.962. The van der Waals surface area contributed by atoms with Crippen LogP contribution >= 0.6 is 0 Å². The number of H-pyrrole nitrogens is 1. The van der Waals surface area contributed by atoms with Crippen molar-refractivity contribution in [1.82, 2.24) is 15.1 Å². The molecular weight excluding hydrogens is 322 g/mol. The number of ether oxygens (including phenoxy) is 1. The molecule has 1 amide bonds. The van der Waals surface area contributed by atoms with Gasteiger partial charge in [-0.15, -0.1) is 0 Å². The highest BCUT2D eigenvalue weighted by Crippen LogP contribution is 2.39. The Kier molecular flexibility index (Phi) is 3.63. The Labute approximate surface area is 143 Å². The maximum absolute atomic E-state index is 12.5. The van der Waals surface area contributed by atoms with Gasteiger partial charge in [-0.2, -0.15) is 5.10 Å². The second-order valence-electron chi connectivity index (χ2n) is 6.48. The van der Waals surface area contributed by atoms with Crippen LogP contribution in [0.2, 0.25) is 0 Å². The van der Waals surface area contributed by atoms with Gasteiger partial charge in [-0.05, 0) is 18.2 Å². The zero-order valence-electron chi connectivity index (χ0n) is 13.5. The summed E-state index contributed by atoms with van der Waals surface area (Å²) in [5.74, 6) is 0.485. The number of likely N-dealkylation sites (tertiary alicyclic amines) is 1. The predicted octanol–water partition coefficient (Wildman–Crippen LogP) is 1.41. The number of rotatable bonds is 1. The molecule has 0 aliphatic carbocycles. The number of fused-ring (bicyclic) bond motifs is 1. The highest BCUT2D eigenvalue weighted by Gasteiger charge is 2.43. The lowest BCUT2D eigenvalue weighted by Gasteiger charge is -2.43. The van der Waals surface area contributed by atoms with Crippen LogP contribution in [0, 0.1) is 0 Å². The Morgan fingerprint density at radius 2 is 1.88 bits per heavy atom. The third-order valence-corrected chi connectivity index (χ3v) is 4.86. The minimum Gasteiger partial charge on any atom is -0.486 e. The van der Waals surface area contributed by atoms with Crippen LogP contribution < -0.4 is 10.3 Å². The number of amides is 1. The van der Waals surface area contributed by atoms with E-state index in [0.717, 1.165) is 0 Å². The number of hydrogen-bond acceptors (Lipinski definition) is 5. The van der Waals surface area contributed by atoms with Crippen molar-refractivity contribution in [2.75, 3.05) is 13.1 Å². The first-order valence-corrected chi connectivity index (χ1v) is 8.23. The molecule has 1 aromatic carbocycles. The zero-order valence-corrected chi connectivity index (χ0v) is 13.5. The van der Waals surface area contributed by atoms with Gasteiger partial charge < -0.3 is 9.64 Å². The summed E-state index contributed by atoms with van der Waals surface area (Å²) in [5, 5.41) is 6.06. The fourth-order valence-electron chi connectivity index (χ4n) is 3.46. The minimum absolute atomic E-state index is 0.0870. The van der Waals surface area contributed by atoms with Gasteiger partial charge in [0.25, 0.3) is 11.5 Å². The van der Waals surface area contributed by atoms with Gasteiger partial charge in [0, 0.05) is 32.0 Å². The number of piperidine rings is 1. The SMILES string of the molecule is O=C1CC2(CCN(C(=O)c3ccc(=O)[nH]n3)CC2)Oc2ccccc21. The number of nitrogens with one attached hydrogen (secondary N) is 1. The number of ketones is 1. The number of aromatic amines is 1. The highest BCUT2D eigenvalue weighted by molar-refractivity contribution is 6.00. The van der Waals surface area contributed by atoms with Crippen molar-refractivity contribution in [2.45, 2.75) is 24.9 Å². The molecule has 2 aliphatic rings. The third-order valence-electron chi connectivity index (χ3n) is 4.86. The molecule has 1 saturated heterocycles. The second-order valence-corrected chi connectivity index (χ2v) is 6.48. The average molecular weight is 339 g/mol. The van der Waals surface area contributed by atoms with Crippen molar-refractivity contribution in [3.05, 3.63) is 58.0 Å². The molecule has 7 nitrogen and oxygen atoms in total. The monoisotopic (exact) mass is 339 g/mol. The number of benzene rings is 1. The largest absolute Gasteiger partial charge is 0.486 e. The maximum atomic E-state index is 12.5. The first kappa shape index (κ1) is 15.6. The van der Waals surface area contributed by atoms with Gasteiger partial charge >= 0.3 is 0 Å². The van der Waals surface area contributed by atoms with E-state index in [4.69, 9.17) is 4.74 Å². The number of nitrogens with zero attached hydrogens (tertiary/aromatic N) is 2. The Morgan fingerprint density at radius 3 is 2.60 bits per heavy atom. The average Bonchev–Trinajstić information content (AvgIpc) is 2.62. The quantitative estimate of drug-likeness (QED) is 0.848. The number of para-hydroxylation sites is 1. The molecular formula is C18H17N3O4. The fourth-order valence-corrected chi connectivity index (χ4v) is 3.46. The van der Waals surface area contributed by atoms with Gasteiger partial charge in [0.2, 0.25) is 0 Å². The van der Waals surface area contributed by atoms with Crippen LogP contribution in [0.15, 0.2) is 41.2 Å². The molecule has 128 valence electrons. The summed E-state index contributed by atoms with van der Waals surface area (Å²) in [4.78, 5) is 37.6. The Balaban J connectivity index is 1.48. The number of hydrogen-bond donors (Lipinski definition) is 1. The lowest BCUT2D eigenvalue weighted by molar-refractivity contribution is -0.00587. The Bertz CT molecular complexity index is 877. The van der Waals surface area contributed by atoms with Crippen molar-refractivity contribution in [1.29, 1.82) is 0 Å². The summed E-state index contributed by atoms with van der Waals surface area (Å²) in [7, 11) is 0. The van der Waals surface area contributed by atoms with Crippen LogP contribution in [-0.4, -0.2) is 45.5 Å². The molecule has 2 aliphatic heterocycles. The third kappa shape index (κ3) is 2.82. The first-order valence-electron chi connectivity index (χ1n) is 8.23. The van der Waals surface area contributed by atoms with E-state index in [1.165, 1.54) is 12.1 Å². The van der Waals surface area contributed by atoms with Crippen molar-refractivity contribution in [3.8, 4) is 5.75 Å². The van der Waals surface area contributed by atoms with E-state index in [1.54, 1.807) is 11.0 Å². The number of carbonyl (C=O) groups is 2. The molecule has 0 atom stereocenters. The van der Waals surface area contributed by atoms with Crippen LogP contribution in [0.25, 0.3) is 0 Å². The molecule has 1 fully saturated rings. The van der Waals surface area contributed by atoms with E-state index in [0.29, 0.717) is 43.7 Å². The second kappa shape index (κ2) is 5.84. The smallest absolute Gasteiger partial charge is 0.274 e. The molecule has 25 heavy (non-hydrogen) atoms. The lowest BCUT2D eigenvalue weighted by atomic mass is 9.82. The van der Waals surface area contributed by atoms with Crippen molar-refractivity contribution in [2.24, 2.45) is 0 Å². The minimum atomic E-state index is -0.541. The van der Waals surface area contributed by atoms with Crippen molar-refractivity contribution in [3.63, 3.8) is 0 Å². The normalized spacial score (nSPS) is 18.6. The number of Topliss-reactive ketones (excluding diaryl/α,β-unsaturated/α-hetero) is 1. The van der Waals surface area contributed by atoms with Gasteiger partial charge in [-0.1, -0.05) is 12.1 Å². The molecule has 0 saturated carbocycles. The summed E-state index contributed by atoms with van der Waals surface area (Å²) in [6.07, 6.45) is 1.51. The van der Waals surface area contributed by atoms with Gasteiger partial charge in [0.1, 0.15) is 17.0 Å². The van der Waals surface area contributed by atoms with E-state index >= 15 is 0 Å². The summed E-state index contributed by atoms with van der Waals surface area (Å²) >= 11 is 0. The van der Waals surface area contributed by atoms with E-state index in [-0.39, 0.29) is 22.9 Å². The molecule has 1 spiro atoms. The van der Waals surface area contributed by atoms with Gasteiger partial charge in [0.05, 0.1) is 12.0 Å². The van der Waals surface area contributed by atoms with Gasteiger partial charge in [-0.25, -0.2) is 5.10 Å². The molecule has 7 heteroatoms. The summed E-state index contributed by atoms with van der Waals surface area (Å²) in [5.41, 5.74) is -0.0479. The molecule has 0 radical (unpaired) electrons. The standard InChI is InChI=1S/C18H17N3O4/c22-14-11-18(25-15-4-2-1-3-12(14)15)7-9-21(10-8-18)17(24)13-5-6-16(23)20-19-13/h1-6H,7-11H2,(H,20,23). The Morgan fingerprint density at radius 1 is 1.12 bits per heavy atom. The van der Waals surface area contributed by atoms with Crippen LogP contribution in [0.1, 0.15) is 40.1 Å². The fraction of sp³-hybridized carbons (Fsp3) is 0.333. The molecule has 4 rings (SSSR count). The molecule has 0 bridgehead atoms. The lowest BCUT2D eigenvalue weighted by Crippen LogP contribution is -2.52. The highest BCUT2D eigenvalue weighted by atomic mass is 16.5. The molecule has 2 aromatic rings. The Hall–Kier alpha value is -2.96. The topological polar surface area (TPSA) is 92.4 Å². The van der Waals surface area contributed by atoms with Crippen molar-refractivity contribution >= 4 is 11.7 Å². The zero-order chi connectivity index (χ0) is 17.4. The molecule has 3 heterocycles. The number of carbonyl (C=O) groups excluding carboxylic acids is 2. The summed E-state index contributed by atoms with van der Waals surface area (Å²) < 4.78 is 6.16. The predicted molar refractivity (Wildman–Crippen MR) is 88.7 cm³/mol. The van der Waals surface area contributed by atoms with Gasteiger partial charge in [-0.3, -0.25) is 14.4 Å². The van der Waals surface area contributed by atoms with Gasteiger partial charge in [0.15, 0.2) is 5.78 Å². The van der Waals surface area contributed by atoms with Crippen LogP contribution in [-0.2, 0) is 0 Å². The van der Waals surface area contributed by atoms with E-state index in [1.807, 2.05) is 18.2 Å². The van der Waals surface area contributed by atoms with Crippen molar-refractivity contribution < 1.29 is 14.3 Å². The molecule has 1 N–H and O–H groups in total. The molecule has 1 aromatic heterocycles. The van der Waals surface area contributed by atoms with E-state index < -0.39 is 5.60 Å². The van der Waals surface area contributed by atoms with Crippen LogP contribution in [0.4, 0.5) is 0 Å².